The molecule has 0 saturated heterocycles. The van der Waals surface area contributed by atoms with E-state index in [4.69, 9.17) is 0 Å². The molecule has 3 radical (unpaired) electrons. The zero-order valence-corrected chi connectivity index (χ0v) is 22.7. The van der Waals surface area contributed by atoms with Gasteiger partial charge in [0, 0.05) is 22.4 Å². The Morgan fingerprint density at radius 2 is 1.03 bits per heavy atom. The first kappa shape index (κ1) is 29.4. The minimum atomic E-state index is 1.05. The molecule has 1 aromatic rings. The smallest absolute Gasteiger partial charge is 0.104 e. The molecular formula is C29H54N2Si+. The van der Waals surface area contributed by atoms with Crippen LogP contribution in [0.5, 0.6) is 0 Å². The Hall–Kier alpha value is -0.643. The summed E-state index contributed by atoms with van der Waals surface area (Å²) >= 11 is 0. The molecule has 0 aliphatic rings. The second-order valence-electron chi connectivity index (χ2n) is 10.5. The molecule has 0 bridgehead atoms. The molecule has 0 amide bonds. The number of likely N-dealkylation sites (N-methyl/N-ethyl adjacent to an activating group) is 1. The second kappa shape index (κ2) is 20.9. The number of quaternary nitrogens is 1. The molecule has 1 rings (SSSR count). The highest BCUT2D eigenvalue weighted by Crippen LogP contribution is 2.14. The Morgan fingerprint density at radius 3 is 1.50 bits per heavy atom. The summed E-state index contributed by atoms with van der Waals surface area (Å²) in [6.45, 7) is 4.60. The zero-order valence-electron chi connectivity index (χ0n) is 21.7. The van der Waals surface area contributed by atoms with Gasteiger partial charge in [-0.05, 0) is 13.0 Å². The zero-order chi connectivity index (χ0) is 23.2. The molecule has 1 aromatic carbocycles. The molecule has 1 N–H and O–H groups in total. The van der Waals surface area contributed by atoms with Gasteiger partial charge in [-0.15, -0.1) is 0 Å². The highest BCUT2D eigenvalue weighted by molar-refractivity contribution is 6.08. The van der Waals surface area contributed by atoms with Crippen LogP contribution in [0.3, 0.4) is 0 Å². The summed E-state index contributed by atoms with van der Waals surface area (Å²) in [6, 6.07) is 12.0. The molecule has 0 fully saturated rings. The van der Waals surface area contributed by atoms with E-state index in [0.29, 0.717) is 0 Å². The third-order valence-electron chi connectivity index (χ3n) is 6.63. The summed E-state index contributed by atoms with van der Waals surface area (Å²) in [5.74, 6) is 0. The van der Waals surface area contributed by atoms with Crippen molar-refractivity contribution in [2.45, 2.75) is 115 Å². The summed E-state index contributed by atoms with van der Waals surface area (Å²) in [4.78, 5) is 0. The van der Waals surface area contributed by atoms with Crippen LogP contribution in [-0.4, -0.2) is 48.5 Å². The molecule has 0 heterocycles. The lowest BCUT2D eigenvalue weighted by molar-refractivity contribution is -0.902. The molecule has 0 aliphatic carbocycles. The molecule has 0 spiro atoms. The fraction of sp³-hybridized carbons (Fsp3) is 0.793. The molecule has 0 unspecified atom stereocenters. The van der Waals surface area contributed by atoms with E-state index in [0.717, 1.165) is 17.6 Å². The quantitative estimate of drug-likeness (QED) is 0.101. The van der Waals surface area contributed by atoms with Crippen LogP contribution >= 0.6 is 0 Å². The van der Waals surface area contributed by atoms with Crippen molar-refractivity contribution in [3.05, 3.63) is 35.9 Å². The number of rotatable bonds is 23. The molecular weight excluding hydrogens is 404 g/mol. The number of hydrogen-bond donors (Lipinski definition) is 1. The Bertz CT molecular complexity index is 503. The minimum Gasteiger partial charge on any atom is -0.324 e. The topological polar surface area (TPSA) is 12.0 Å². The Morgan fingerprint density at radius 1 is 0.594 bits per heavy atom. The van der Waals surface area contributed by atoms with Gasteiger partial charge in [-0.2, -0.15) is 0 Å². The summed E-state index contributed by atoms with van der Waals surface area (Å²) in [6.07, 6.45) is 22.9. The SMILES string of the molecule is C[N+](C)(CCNCCCCCCCCCCCCCCCCCC[Si])Cc1ccccc1. The van der Waals surface area contributed by atoms with Gasteiger partial charge in [0.2, 0.25) is 0 Å². The van der Waals surface area contributed by atoms with E-state index in [1.807, 2.05) is 0 Å². The van der Waals surface area contributed by atoms with Crippen molar-refractivity contribution in [2.75, 3.05) is 33.7 Å². The molecule has 3 heteroatoms. The molecule has 2 nitrogen and oxygen atoms in total. The van der Waals surface area contributed by atoms with E-state index in [-0.39, 0.29) is 0 Å². The lowest BCUT2D eigenvalue weighted by Crippen LogP contribution is -2.43. The molecule has 0 saturated carbocycles. The fourth-order valence-electron chi connectivity index (χ4n) is 4.51. The van der Waals surface area contributed by atoms with Gasteiger partial charge < -0.3 is 9.80 Å². The lowest BCUT2D eigenvalue weighted by atomic mass is 10.0. The van der Waals surface area contributed by atoms with Gasteiger partial charge in [0.15, 0.2) is 0 Å². The average molecular weight is 459 g/mol. The van der Waals surface area contributed by atoms with Gasteiger partial charge in [-0.25, -0.2) is 0 Å². The van der Waals surface area contributed by atoms with Crippen LogP contribution in [0.4, 0.5) is 0 Å². The predicted octanol–water partition coefficient (Wildman–Crippen LogP) is 7.68. The van der Waals surface area contributed by atoms with Crippen molar-refractivity contribution in [1.29, 1.82) is 0 Å². The number of unbranched alkanes of at least 4 members (excludes halogenated alkanes) is 15. The van der Waals surface area contributed by atoms with E-state index in [1.165, 1.54) is 127 Å². The van der Waals surface area contributed by atoms with Gasteiger partial charge in [0.25, 0.3) is 0 Å². The summed E-state index contributed by atoms with van der Waals surface area (Å²) in [5, 5.41) is 3.66. The van der Waals surface area contributed by atoms with E-state index in [9.17, 15) is 0 Å². The summed E-state index contributed by atoms with van der Waals surface area (Å²) in [5.41, 5.74) is 1.43. The number of nitrogens with one attached hydrogen (secondary N) is 1. The first-order chi connectivity index (χ1) is 15.6. The number of benzene rings is 1. The maximum absolute atomic E-state index is 3.66. The predicted molar refractivity (Wildman–Crippen MR) is 144 cm³/mol. The van der Waals surface area contributed by atoms with Crippen molar-refractivity contribution >= 4 is 10.2 Å². The summed E-state index contributed by atoms with van der Waals surface area (Å²) < 4.78 is 1.05. The van der Waals surface area contributed by atoms with E-state index in [1.54, 1.807) is 0 Å². The maximum Gasteiger partial charge on any atom is 0.104 e. The lowest BCUT2D eigenvalue weighted by Gasteiger charge is -2.30. The largest absolute Gasteiger partial charge is 0.324 e. The first-order valence-electron chi connectivity index (χ1n) is 13.9. The van der Waals surface area contributed by atoms with Crippen LogP contribution in [0, 0.1) is 0 Å². The van der Waals surface area contributed by atoms with Crippen molar-refractivity contribution in [1.82, 2.24) is 5.32 Å². The Labute approximate surface area is 205 Å². The van der Waals surface area contributed by atoms with Crippen molar-refractivity contribution < 1.29 is 4.48 Å². The van der Waals surface area contributed by atoms with Crippen LogP contribution < -0.4 is 5.32 Å². The molecule has 183 valence electrons. The van der Waals surface area contributed by atoms with Gasteiger partial charge in [0.1, 0.15) is 6.54 Å². The Kier molecular flexibility index (Phi) is 19.2. The third-order valence-corrected chi connectivity index (χ3v) is 6.98. The highest BCUT2D eigenvalue weighted by Gasteiger charge is 2.14. The average Bonchev–Trinajstić information content (AvgIpc) is 2.78. The van der Waals surface area contributed by atoms with Crippen molar-refractivity contribution in [2.24, 2.45) is 0 Å². The van der Waals surface area contributed by atoms with Gasteiger partial charge in [-0.1, -0.05) is 133 Å². The van der Waals surface area contributed by atoms with Gasteiger partial charge >= 0.3 is 0 Å². The van der Waals surface area contributed by atoms with Gasteiger partial charge in [-0.3, -0.25) is 0 Å². The van der Waals surface area contributed by atoms with Crippen LogP contribution in [-0.2, 0) is 6.54 Å². The standard InChI is InChI=1S/C29H54N2Si/c1-31(2,28-29-22-18-17-19-23-29)26-25-30-24-20-15-13-11-9-7-5-3-4-6-8-10-12-14-16-21-27-32/h17-19,22-23,30H,3-16,20-21,24-28H2,1-2H3/q+1. The van der Waals surface area contributed by atoms with Crippen LogP contribution in [0.15, 0.2) is 30.3 Å². The van der Waals surface area contributed by atoms with E-state index < -0.39 is 0 Å². The second-order valence-corrected chi connectivity index (χ2v) is 11.0. The monoisotopic (exact) mass is 458 g/mol. The molecule has 0 aromatic heterocycles. The van der Waals surface area contributed by atoms with E-state index >= 15 is 0 Å². The highest BCUT2D eigenvalue weighted by atomic mass is 28.1. The normalized spacial score (nSPS) is 11.8. The van der Waals surface area contributed by atoms with Gasteiger partial charge in [0.05, 0.1) is 20.6 Å². The Balaban J connectivity index is 1.76. The van der Waals surface area contributed by atoms with Crippen LogP contribution in [0.25, 0.3) is 0 Å². The third kappa shape index (κ3) is 18.9. The van der Waals surface area contributed by atoms with Crippen LogP contribution in [0.1, 0.15) is 108 Å². The van der Waals surface area contributed by atoms with Crippen molar-refractivity contribution in [3.8, 4) is 0 Å². The molecule has 32 heavy (non-hydrogen) atoms. The van der Waals surface area contributed by atoms with E-state index in [2.05, 4.69) is 60.0 Å². The summed E-state index contributed by atoms with van der Waals surface area (Å²) in [7, 11) is 8.23. The number of nitrogens with zero attached hydrogens (tertiary/aromatic N) is 1. The van der Waals surface area contributed by atoms with Crippen molar-refractivity contribution in [3.63, 3.8) is 0 Å². The maximum atomic E-state index is 3.66. The first-order valence-corrected chi connectivity index (χ1v) is 14.6. The number of hydrogen-bond acceptors (Lipinski definition) is 1. The minimum absolute atomic E-state index is 1.05. The fourth-order valence-corrected chi connectivity index (χ4v) is 4.76. The molecule has 0 atom stereocenters. The van der Waals surface area contributed by atoms with Crippen LogP contribution in [0.2, 0.25) is 6.04 Å². The molecule has 0 aliphatic heterocycles.